The molecule has 1 aliphatic heterocycles. The SMILES string of the molecule is O=C(NCCC1CC1)c1ccc(Oc2cc3c(cc2Cl)C(C(=O)O)CCO3)cc1. The topological polar surface area (TPSA) is 84.9 Å². The molecular weight excluding hydrogens is 394 g/mol. The van der Waals surface area contributed by atoms with Crippen LogP contribution in [-0.4, -0.2) is 30.1 Å². The van der Waals surface area contributed by atoms with Crippen molar-refractivity contribution in [2.75, 3.05) is 13.2 Å². The second kappa shape index (κ2) is 8.33. The van der Waals surface area contributed by atoms with Crippen molar-refractivity contribution in [1.29, 1.82) is 0 Å². The Kier molecular flexibility index (Phi) is 5.62. The Morgan fingerprint density at radius 1 is 1.17 bits per heavy atom. The zero-order valence-corrected chi connectivity index (χ0v) is 16.6. The van der Waals surface area contributed by atoms with E-state index in [1.54, 1.807) is 36.4 Å². The predicted molar refractivity (Wildman–Crippen MR) is 108 cm³/mol. The highest BCUT2D eigenvalue weighted by Crippen LogP contribution is 2.41. The lowest BCUT2D eigenvalue weighted by atomic mass is 9.93. The van der Waals surface area contributed by atoms with E-state index in [1.165, 1.54) is 12.8 Å². The van der Waals surface area contributed by atoms with Crippen molar-refractivity contribution in [2.45, 2.75) is 31.6 Å². The van der Waals surface area contributed by atoms with Gasteiger partial charge in [0.25, 0.3) is 5.91 Å². The number of rotatable bonds is 7. The Morgan fingerprint density at radius 2 is 1.93 bits per heavy atom. The average Bonchev–Trinajstić information content (AvgIpc) is 3.53. The van der Waals surface area contributed by atoms with Crippen LogP contribution in [0.25, 0.3) is 0 Å². The van der Waals surface area contributed by atoms with Crippen molar-refractivity contribution in [3.63, 3.8) is 0 Å². The summed E-state index contributed by atoms with van der Waals surface area (Å²) in [6.07, 6.45) is 3.99. The maximum atomic E-state index is 12.2. The first-order chi connectivity index (χ1) is 14.0. The van der Waals surface area contributed by atoms with E-state index in [0.717, 1.165) is 12.3 Å². The van der Waals surface area contributed by atoms with Gasteiger partial charge in [-0.05, 0) is 49.1 Å². The molecule has 0 aromatic heterocycles. The quantitative estimate of drug-likeness (QED) is 0.689. The standard InChI is InChI=1S/C22H22ClNO5/c23-18-11-17-16(22(26)27)8-10-28-19(17)12-20(18)29-15-5-3-14(4-6-15)21(25)24-9-7-13-1-2-13/h3-6,11-13,16H,1-2,7-10H2,(H,24,25)(H,26,27). The van der Waals surface area contributed by atoms with E-state index in [4.69, 9.17) is 21.1 Å². The van der Waals surface area contributed by atoms with Crippen molar-refractivity contribution in [3.8, 4) is 17.2 Å². The van der Waals surface area contributed by atoms with Crippen molar-refractivity contribution in [3.05, 3.63) is 52.5 Å². The van der Waals surface area contributed by atoms with Gasteiger partial charge in [0, 0.05) is 23.7 Å². The van der Waals surface area contributed by atoms with Crippen molar-refractivity contribution in [1.82, 2.24) is 5.32 Å². The lowest BCUT2D eigenvalue weighted by Crippen LogP contribution is -2.24. The summed E-state index contributed by atoms with van der Waals surface area (Å²) in [7, 11) is 0. The van der Waals surface area contributed by atoms with Gasteiger partial charge in [0.1, 0.15) is 17.2 Å². The summed E-state index contributed by atoms with van der Waals surface area (Å²) in [4.78, 5) is 23.6. The molecule has 6 nitrogen and oxygen atoms in total. The molecule has 2 aromatic carbocycles. The minimum Gasteiger partial charge on any atom is -0.493 e. The predicted octanol–water partition coefficient (Wildman–Crippen LogP) is 4.61. The number of hydrogen-bond acceptors (Lipinski definition) is 4. The van der Waals surface area contributed by atoms with Gasteiger partial charge in [-0.2, -0.15) is 0 Å². The number of carbonyl (C=O) groups excluding carboxylic acids is 1. The third kappa shape index (κ3) is 4.65. The average molecular weight is 416 g/mol. The van der Waals surface area contributed by atoms with E-state index >= 15 is 0 Å². The summed E-state index contributed by atoms with van der Waals surface area (Å²) in [5.41, 5.74) is 1.12. The van der Waals surface area contributed by atoms with Crippen LogP contribution in [0.1, 0.15) is 47.5 Å². The number of aliphatic carboxylic acids is 1. The zero-order valence-electron chi connectivity index (χ0n) is 15.8. The van der Waals surface area contributed by atoms with E-state index in [0.29, 0.717) is 53.0 Å². The molecule has 1 aliphatic carbocycles. The van der Waals surface area contributed by atoms with Gasteiger partial charge in [0.15, 0.2) is 0 Å². The maximum absolute atomic E-state index is 12.2. The molecule has 0 spiro atoms. The highest BCUT2D eigenvalue weighted by atomic mass is 35.5. The Morgan fingerprint density at radius 3 is 2.62 bits per heavy atom. The molecule has 1 amide bonds. The largest absolute Gasteiger partial charge is 0.493 e. The van der Waals surface area contributed by atoms with Crippen LogP contribution in [0, 0.1) is 5.92 Å². The van der Waals surface area contributed by atoms with Crippen LogP contribution in [0.15, 0.2) is 36.4 Å². The number of halogens is 1. The molecule has 0 saturated heterocycles. The van der Waals surface area contributed by atoms with Gasteiger partial charge >= 0.3 is 5.97 Å². The molecule has 152 valence electrons. The fourth-order valence-corrected chi connectivity index (χ4v) is 3.63. The molecular formula is C22H22ClNO5. The molecule has 1 unspecified atom stereocenters. The Balaban J connectivity index is 1.43. The van der Waals surface area contributed by atoms with Crippen LogP contribution in [0.2, 0.25) is 5.02 Å². The normalized spacial score (nSPS) is 17.8. The van der Waals surface area contributed by atoms with Crippen molar-refractivity contribution < 1.29 is 24.2 Å². The number of fused-ring (bicyclic) bond motifs is 1. The molecule has 2 aromatic rings. The van der Waals surface area contributed by atoms with Gasteiger partial charge < -0.3 is 19.9 Å². The summed E-state index contributed by atoms with van der Waals surface area (Å²) in [5, 5.41) is 12.6. The first-order valence-corrected chi connectivity index (χ1v) is 10.1. The lowest BCUT2D eigenvalue weighted by molar-refractivity contribution is -0.139. The first-order valence-electron chi connectivity index (χ1n) is 9.76. The van der Waals surface area contributed by atoms with Crippen LogP contribution in [0.4, 0.5) is 0 Å². The van der Waals surface area contributed by atoms with Gasteiger partial charge in [0.2, 0.25) is 0 Å². The molecule has 2 N–H and O–H groups in total. The van der Waals surface area contributed by atoms with E-state index < -0.39 is 11.9 Å². The fourth-order valence-electron chi connectivity index (χ4n) is 3.42. The fraction of sp³-hybridized carbons (Fsp3) is 0.364. The Hall–Kier alpha value is -2.73. The molecule has 4 rings (SSSR count). The summed E-state index contributed by atoms with van der Waals surface area (Å²) in [5.74, 6) is 0.507. The minimum atomic E-state index is -0.898. The van der Waals surface area contributed by atoms with Crippen LogP contribution < -0.4 is 14.8 Å². The monoisotopic (exact) mass is 415 g/mol. The number of benzene rings is 2. The number of carboxylic acid groups (broad SMARTS) is 1. The number of amides is 1. The number of ether oxygens (including phenoxy) is 2. The second-order valence-electron chi connectivity index (χ2n) is 7.46. The highest BCUT2D eigenvalue weighted by molar-refractivity contribution is 6.32. The minimum absolute atomic E-state index is 0.0999. The molecule has 1 fully saturated rings. The van der Waals surface area contributed by atoms with Crippen LogP contribution in [0.5, 0.6) is 17.2 Å². The van der Waals surface area contributed by atoms with Crippen LogP contribution >= 0.6 is 11.6 Å². The second-order valence-corrected chi connectivity index (χ2v) is 7.87. The lowest BCUT2D eigenvalue weighted by Gasteiger charge is -2.24. The Labute approximate surface area is 173 Å². The maximum Gasteiger partial charge on any atom is 0.311 e. The van der Waals surface area contributed by atoms with E-state index in [-0.39, 0.29) is 5.91 Å². The van der Waals surface area contributed by atoms with Gasteiger partial charge in [-0.1, -0.05) is 24.4 Å². The Bertz CT molecular complexity index is 924. The van der Waals surface area contributed by atoms with Crippen LogP contribution in [-0.2, 0) is 4.79 Å². The van der Waals surface area contributed by atoms with Gasteiger partial charge in [-0.15, -0.1) is 0 Å². The van der Waals surface area contributed by atoms with E-state index in [1.807, 2.05) is 0 Å². The molecule has 29 heavy (non-hydrogen) atoms. The van der Waals surface area contributed by atoms with Crippen molar-refractivity contribution in [2.24, 2.45) is 5.92 Å². The van der Waals surface area contributed by atoms with Gasteiger partial charge in [0.05, 0.1) is 17.5 Å². The number of nitrogens with one attached hydrogen (secondary N) is 1. The summed E-state index contributed by atoms with van der Waals surface area (Å²) in [6, 6.07) is 10.0. The van der Waals surface area contributed by atoms with E-state index in [9.17, 15) is 14.7 Å². The molecule has 1 saturated carbocycles. The molecule has 2 aliphatic rings. The molecule has 0 radical (unpaired) electrons. The van der Waals surface area contributed by atoms with E-state index in [2.05, 4.69) is 5.32 Å². The highest BCUT2D eigenvalue weighted by Gasteiger charge is 2.29. The molecule has 1 atom stereocenters. The third-order valence-corrected chi connectivity index (χ3v) is 5.58. The van der Waals surface area contributed by atoms with Gasteiger partial charge in [-0.3, -0.25) is 9.59 Å². The smallest absolute Gasteiger partial charge is 0.311 e. The number of carboxylic acids is 1. The number of carbonyl (C=O) groups is 2. The zero-order chi connectivity index (χ0) is 20.4. The van der Waals surface area contributed by atoms with Gasteiger partial charge in [-0.25, -0.2) is 0 Å². The summed E-state index contributed by atoms with van der Waals surface area (Å²) >= 11 is 6.31. The number of hydrogen-bond donors (Lipinski definition) is 2. The summed E-state index contributed by atoms with van der Waals surface area (Å²) < 4.78 is 11.4. The first kappa shape index (κ1) is 19.6. The third-order valence-electron chi connectivity index (χ3n) is 5.28. The summed E-state index contributed by atoms with van der Waals surface area (Å²) in [6.45, 7) is 1.03. The van der Waals surface area contributed by atoms with Crippen LogP contribution in [0.3, 0.4) is 0 Å². The molecule has 7 heteroatoms. The molecule has 0 bridgehead atoms. The molecule has 1 heterocycles. The van der Waals surface area contributed by atoms with Crippen molar-refractivity contribution >= 4 is 23.5 Å².